The van der Waals surface area contributed by atoms with Crippen LogP contribution in [0.2, 0.25) is 0 Å². The number of aromatic nitrogens is 2. The third-order valence-electron chi connectivity index (χ3n) is 2.87. The van der Waals surface area contributed by atoms with E-state index in [2.05, 4.69) is 34.7 Å². The molecule has 1 aliphatic rings. The van der Waals surface area contributed by atoms with E-state index in [0.29, 0.717) is 18.0 Å². The zero-order chi connectivity index (χ0) is 9.97. The second-order valence-electron chi connectivity index (χ2n) is 3.92. The van der Waals surface area contributed by atoms with Gasteiger partial charge in [-0.1, -0.05) is 18.3 Å². The molecule has 2 N–H and O–H groups in total. The summed E-state index contributed by atoms with van der Waals surface area (Å²) in [6, 6.07) is 0.972. The van der Waals surface area contributed by atoms with Crippen LogP contribution >= 0.6 is 11.3 Å². The van der Waals surface area contributed by atoms with E-state index in [-0.39, 0.29) is 0 Å². The van der Waals surface area contributed by atoms with E-state index < -0.39 is 0 Å². The Balaban J connectivity index is 2.01. The van der Waals surface area contributed by atoms with Gasteiger partial charge in [0.25, 0.3) is 0 Å². The Labute approximate surface area is 88.1 Å². The van der Waals surface area contributed by atoms with Crippen molar-refractivity contribution in [2.45, 2.75) is 32.4 Å². The lowest BCUT2D eigenvalue weighted by atomic mass is 9.89. The van der Waals surface area contributed by atoms with Crippen molar-refractivity contribution in [3.63, 3.8) is 0 Å². The van der Waals surface area contributed by atoms with Crippen LogP contribution in [0.25, 0.3) is 0 Å². The Bertz CT molecular complexity index is 264. The van der Waals surface area contributed by atoms with E-state index >= 15 is 0 Å². The van der Waals surface area contributed by atoms with Crippen LogP contribution in [0.5, 0.6) is 0 Å². The lowest BCUT2D eigenvalue weighted by molar-refractivity contribution is 0.302. The molecule has 0 aliphatic carbocycles. The predicted molar refractivity (Wildman–Crippen MR) is 58.6 cm³/mol. The van der Waals surface area contributed by atoms with E-state index in [9.17, 15) is 0 Å². The molecular formula is C9H16N4S. The Morgan fingerprint density at radius 3 is 3.07 bits per heavy atom. The summed E-state index contributed by atoms with van der Waals surface area (Å²) < 4.78 is 0. The maximum Gasteiger partial charge on any atom is 0.205 e. The molecule has 78 valence electrons. The van der Waals surface area contributed by atoms with Crippen LogP contribution in [0, 0.1) is 5.92 Å². The van der Waals surface area contributed by atoms with Crippen molar-refractivity contribution >= 4 is 16.5 Å². The Morgan fingerprint density at radius 2 is 2.43 bits per heavy atom. The highest BCUT2D eigenvalue weighted by molar-refractivity contribution is 7.13. The summed E-state index contributed by atoms with van der Waals surface area (Å²) in [5.41, 5.74) is 1.76. The third kappa shape index (κ3) is 2.04. The number of anilines is 1. The van der Waals surface area contributed by atoms with Gasteiger partial charge in [-0.25, -0.2) is 0 Å². The van der Waals surface area contributed by atoms with Gasteiger partial charge in [-0.2, -0.15) is 0 Å². The standard InChI is InChI=1S/C9H16N4S/c1-6-3-4-10-7(2)8(6)12-9-13-11-5-14-9/h5-8,10H,3-4H2,1-2H3,(H,12,13). The van der Waals surface area contributed by atoms with E-state index in [1.807, 2.05) is 0 Å². The third-order valence-corrected chi connectivity index (χ3v) is 3.49. The molecule has 0 saturated carbocycles. The molecule has 5 heteroatoms. The quantitative estimate of drug-likeness (QED) is 0.776. The van der Waals surface area contributed by atoms with Crippen LogP contribution in [0.1, 0.15) is 20.3 Å². The molecule has 0 spiro atoms. The van der Waals surface area contributed by atoms with Gasteiger partial charge >= 0.3 is 0 Å². The first-order valence-corrected chi connectivity index (χ1v) is 5.91. The topological polar surface area (TPSA) is 49.8 Å². The van der Waals surface area contributed by atoms with Crippen molar-refractivity contribution in [1.82, 2.24) is 15.5 Å². The molecule has 1 fully saturated rings. The molecule has 1 aromatic rings. The van der Waals surface area contributed by atoms with Gasteiger partial charge in [0.2, 0.25) is 5.13 Å². The molecular weight excluding hydrogens is 196 g/mol. The highest BCUT2D eigenvalue weighted by Gasteiger charge is 2.27. The van der Waals surface area contributed by atoms with Crippen molar-refractivity contribution in [1.29, 1.82) is 0 Å². The molecule has 3 unspecified atom stereocenters. The van der Waals surface area contributed by atoms with Gasteiger partial charge in [0.05, 0.1) is 0 Å². The van der Waals surface area contributed by atoms with Gasteiger partial charge < -0.3 is 10.6 Å². The molecule has 1 aliphatic heterocycles. The number of rotatable bonds is 2. The Hall–Kier alpha value is -0.680. The van der Waals surface area contributed by atoms with Crippen LogP contribution in [-0.4, -0.2) is 28.8 Å². The predicted octanol–water partition coefficient (Wildman–Crippen LogP) is 1.34. The van der Waals surface area contributed by atoms with Crippen LogP contribution < -0.4 is 10.6 Å². The molecule has 0 radical (unpaired) electrons. The smallest absolute Gasteiger partial charge is 0.205 e. The zero-order valence-electron chi connectivity index (χ0n) is 8.53. The van der Waals surface area contributed by atoms with Crippen LogP contribution in [0.15, 0.2) is 5.51 Å². The molecule has 1 aromatic heterocycles. The fourth-order valence-corrected chi connectivity index (χ4v) is 2.48. The van der Waals surface area contributed by atoms with Crippen LogP contribution in [-0.2, 0) is 0 Å². The fourth-order valence-electron chi connectivity index (χ4n) is 1.98. The monoisotopic (exact) mass is 212 g/mol. The second-order valence-corrected chi connectivity index (χ2v) is 4.76. The first-order chi connectivity index (χ1) is 6.77. The fraction of sp³-hybridized carbons (Fsp3) is 0.778. The second kappa shape index (κ2) is 4.23. The Morgan fingerprint density at radius 1 is 1.57 bits per heavy atom. The van der Waals surface area contributed by atoms with Gasteiger partial charge in [0.15, 0.2) is 0 Å². The maximum atomic E-state index is 4.01. The first-order valence-electron chi connectivity index (χ1n) is 5.03. The number of piperidine rings is 1. The largest absolute Gasteiger partial charge is 0.356 e. The number of nitrogens with one attached hydrogen (secondary N) is 2. The van der Waals surface area contributed by atoms with Crippen molar-refractivity contribution in [3.05, 3.63) is 5.51 Å². The first kappa shape index (κ1) is 9.86. The maximum absolute atomic E-state index is 4.01. The molecule has 14 heavy (non-hydrogen) atoms. The number of hydrogen-bond donors (Lipinski definition) is 2. The van der Waals surface area contributed by atoms with Gasteiger partial charge in [0, 0.05) is 12.1 Å². The molecule has 2 rings (SSSR count). The molecule has 1 saturated heterocycles. The van der Waals surface area contributed by atoms with Crippen LogP contribution in [0.3, 0.4) is 0 Å². The lowest BCUT2D eigenvalue weighted by Crippen LogP contribution is -2.51. The molecule has 4 nitrogen and oxygen atoms in total. The van der Waals surface area contributed by atoms with Gasteiger partial charge in [-0.15, -0.1) is 10.2 Å². The van der Waals surface area contributed by atoms with Gasteiger partial charge in [0.1, 0.15) is 5.51 Å². The minimum absolute atomic E-state index is 0.469. The van der Waals surface area contributed by atoms with E-state index in [1.54, 1.807) is 16.8 Å². The average Bonchev–Trinajstić information content (AvgIpc) is 2.64. The summed E-state index contributed by atoms with van der Waals surface area (Å²) in [6.45, 7) is 5.63. The zero-order valence-corrected chi connectivity index (χ0v) is 9.34. The lowest BCUT2D eigenvalue weighted by Gasteiger charge is -2.35. The summed E-state index contributed by atoms with van der Waals surface area (Å²) in [7, 11) is 0. The molecule has 2 heterocycles. The number of hydrogen-bond acceptors (Lipinski definition) is 5. The highest BCUT2D eigenvalue weighted by Crippen LogP contribution is 2.21. The van der Waals surface area contributed by atoms with E-state index in [4.69, 9.17) is 0 Å². The van der Waals surface area contributed by atoms with Crippen LogP contribution in [0.4, 0.5) is 5.13 Å². The minimum atomic E-state index is 0.469. The summed E-state index contributed by atoms with van der Waals surface area (Å²) in [6.07, 6.45) is 1.22. The van der Waals surface area contributed by atoms with Gasteiger partial charge in [-0.3, -0.25) is 0 Å². The summed E-state index contributed by atoms with van der Waals surface area (Å²) in [5, 5.41) is 15.7. The summed E-state index contributed by atoms with van der Waals surface area (Å²) in [4.78, 5) is 0. The molecule has 0 bridgehead atoms. The van der Waals surface area contributed by atoms with Crippen molar-refractivity contribution in [2.75, 3.05) is 11.9 Å². The molecule has 3 atom stereocenters. The average molecular weight is 212 g/mol. The summed E-state index contributed by atoms with van der Waals surface area (Å²) in [5.74, 6) is 0.690. The highest BCUT2D eigenvalue weighted by atomic mass is 32.1. The molecule has 0 amide bonds. The van der Waals surface area contributed by atoms with Gasteiger partial charge in [-0.05, 0) is 25.8 Å². The van der Waals surface area contributed by atoms with E-state index in [1.165, 1.54) is 6.42 Å². The normalized spacial score (nSPS) is 32.9. The SMILES string of the molecule is CC1CCNC(C)C1Nc1nncs1. The molecule has 0 aromatic carbocycles. The van der Waals surface area contributed by atoms with Crippen molar-refractivity contribution in [2.24, 2.45) is 5.92 Å². The Kier molecular flexibility index (Phi) is 2.98. The number of nitrogens with zero attached hydrogens (tertiary/aromatic N) is 2. The summed E-state index contributed by atoms with van der Waals surface area (Å²) >= 11 is 1.56. The minimum Gasteiger partial charge on any atom is -0.356 e. The van der Waals surface area contributed by atoms with Crippen molar-refractivity contribution in [3.8, 4) is 0 Å². The van der Waals surface area contributed by atoms with Crippen molar-refractivity contribution < 1.29 is 0 Å². The van der Waals surface area contributed by atoms with E-state index in [0.717, 1.165) is 11.7 Å².